The molecule has 33 heavy (non-hydrogen) atoms. The summed E-state index contributed by atoms with van der Waals surface area (Å²) in [6.07, 6.45) is -0.369. The lowest BCUT2D eigenvalue weighted by Crippen LogP contribution is -2.48. The number of rotatable bonds is 9. The third-order valence-corrected chi connectivity index (χ3v) is 5.74. The zero-order valence-electron chi connectivity index (χ0n) is 17.5. The molecule has 0 radical (unpaired) electrons. The van der Waals surface area contributed by atoms with Gasteiger partial charge in [-0.2, -0.15) is 0 Å². The second-order valence-corrected chi connectivity index (χ2v) is 8.16. The third-order valence-electron chi connectivity index (χ3n) is 5.00. The van der Waals surface area contributed by atoms with Gasteiger partial charge < -0.3 is 15.7 Å². The number of carboxylic acid groups (broad SMARTS) is 1. The highest BCUT2D eigenvalue weighted by Gasteiger charge is 2.26. The summed E-state index contributed by atoms with van der Waals surface area (Å²) in [5.41, 5.74) is 1.91. The van der Waals surface area contributed by atoms with E-state index in [1.165, 1.54) is 18.2 Å². The minimum Gasteiger partial charge on any atom is -0.481 e. The average Bonchev–Trinajstić information content (AvgIpc) is 2.82. The Morgan fingerprint density at radius 1 is 0.788 bits per heavy atom. The van der Waals surface area contributed by atoms with Crippen LogP contribution in [0.5, 0.6) is 0 Å². The van der Waals surface area contributed by atoms with Crippen LogP contribution in [0.1, 0.15) is 40.4 Å². The largest absolute Gasteiger partial charge is 0.481 e. The molecular weight excluding hydrogens is 463 g/mol. The van der Waals surface area contributed by atoms with Gasteiger partial charge in [-0.3, -0.25) is 14.4 Å². The van der Waals surface area contributed by atoms with Crippen LogP contribution in [0.25, 0.3) is 0 Å². The normalized spacial score (nSPS) is 11.6. The fourth-order valence-electron chi connectivity index (χ4n) is 3.31. The van der Waals surface area contributed by atoms with Gasteiger partial charge in [0.2, 0.25) is 5.91 Å². The summed E-state index contributed by atoms with van der Waals surface area (Å²) in [6, 6.07) is 21.6. The SMILES string of the molecule is O=C(O)CCC(NC(=O)c1ccc(Cl)c(Cl)c1)C(=O)NC(c1ccccc1)c1ccccc1. The number of nitrogens with one attached hydrogen (secondary N) is 2. The number of hydrogen-bond donors (Lipinski definition) is 3. The van der Waals surface area contributed by atoms with Crippen molar-refractivity contribution in [1.29, 1.82) is 0 Å². The van der Waals surface area contributed by atoms with Crippen LogP contribution in [0.15, 0.2) is 78.9 Å². The van der Waals surface area contributed by atoms with Crippen LogP contribution in [0.4, 0.5) is 0 Å². The standard InChI is InChI=1S/C25H22Cl2N2O4/c26-19-12-11-18(15-20(19)27)24(32)28-21(13-14-22(30)31)25(33)29-23(16-7-3-1-4-8-16)17-9-5-2-6-10-17/h1-12,15,21,23H,13-14H2,(H,28,32)(H,29,33)(H,30,31). The Morgan fingerprint density at radius 2 is 1.36 bits per heavy atom. The number of carboxylic acids is 1. The predicted octanol–water partition coefficient (Wildman–Crippen LogP) is 4.86. The van der Waals surface area contributed by atoms with Crippen LogP contribution < -0.4 is 10.6 Å². The van der Waals surface area contributed by atoms with Gasteiger partial charge in [0, 0.05) is 12.0 Å². The van der Waals surface area contributed by atoms with Crippen LogP contribution in [0.2, 0.25) is 10.0 Å². The van der Waals surface area contributed by atoms with Crippen molar-refractivity contribution in [3.05, 3.63) is 106 Å². The highest BCUT2D eigenvalue weighted by Crippen LogP contribution is 2.24. The van der Waals surface area contributed by atoms with Crippen molar-refractivity contribution in [3.63, 3.8) is 0 Å². The van der Waals surface area contributed by atoms with E-state index in [1.54, 1.807) is 0 Å². The summed E-state index contributed by atoms with van der Waals surface area (Å²) >= 11 is 11.9. The van der Waals surface area contributed by atoms with Crippen molar-refractivity contribution in [2.75, 3.05) is 0 Å². The molecule has 170 valence electrons. The molecule has 0 heterocycles. The number of benzene rings is 3. The highest BCUT2D eigenvalue weighted by atomic mass is 35.5. The van der Waals surface area contributed by atoms with Gasteiger partial charge in [-0.05, 0) is 35.7 Å². The Hall–Kier alpha value is -3.35. The molecule has 0 aliphatic heterocycles. The fraction of sp³-hybridized carbons (Fsp3) is 0.160. The molecule has 2 amide bonds. The van der Waals surface area contributed by atoms with Crippen molar-refractivity contribution >= 4 is 41.0 Å². The molecule has 3 N–H and O–H groups in total. The highest BCUT2D eigenvalue weighted by molar-refractivity contribution is 6.42. The maximum absolute atomic E-state index is 13.2. The summed E-state index contributed by atoms with van der Waals surface area (Å²) in [6.45, 7) is 0. The molecule has 0 aliphatic carbocycles. The molecule has 0 fully saturated rings. The van der Waals surface area contributed by atoms with Crippen molar-refractivity contribution < 1.29 is 19.5 Å². The first-order valence-corrected chi connectivity index (χ1v) is 11.0. The number of carbonyl (C=O) groups excluding carboxylic acids is 2. The fourth-order valence-corrected chi connectivity index (χ4v) is 3.61. The lowest BCUT2D eigenvalue weighted by molar-refractivity contribution is -0.137. The first-order chi connectivity index (χ1) is 15.8. The Labute approximate surface area is 201 Å². The molecular formula is C25H22Cl2N2O4. The molecule has 6 nitrogen and oxygen atoms in total. The quantitative estimate of drug-likeness (QED) is 0.403. The summed E-state index contributed by atoms with van der Waals surface area (Å²) < 4.78 is 0. The smallest absolute Gasteiger partial charge is 0.303 e. The van der Waals surface area contributed by atoms with E-state index in [0.717, 1.165) is 11.1 Å². The van der Waals surface area contributed by atoms with Crippen LogP contribution in [-0.2, 0) is 9.59 Å². The van der Waals surface area contributed by atoms with Crippen molar-refractivity contribution in [2.24, 2.45) is 0 Å². The van der Waals surface area contributed by atoms with Crippen LogP contribution in [0, 0.1) is 0 Å². The molecule has 3 aromatic carbocycles. The number of aliphatic carboxylic acids is 1. The van der Waals surface area contributed by atoms with Gasteiger partial charge in [0.1, 0.15) is 6.04 Å². The van der Waals surface area contributed by atoms with E-state index in [4.69, 9.17) is 28.3 Å². The minimum absolute atomic E-state index is 0.0788. The summed E-state index contributed by atoms with van der Waals surface area (Å²) in [7, 11) is 0. The van der Waals surface area contributed by atoms with Crippen LogP contribution in [-0.4, -0.2) is 28.9 Å². The Bertz CT molecular complexity index is 1080. The topological polar surface area (TPSA) is 95.5 Å². The van der Waals surface area contributed by atoms with Gasteiger partial charge in [0.05, 0.1) is 16.1 Å². The first-order valence-electron chi connectivity index (χ1n) is 10.2. The lowest BCUT2D eigenvalue weighted by atomic mass is 9.98. The monoisotopic (exact) mass is 484 g/mol. The summed E-state index contributed by atoms with van der Waals surface area (Å²) in [5.74, 6) is -2.13. The summed E-state index contributed by atoms with van der Waals surface area (Å²) in [4.78, 5) is 37.1. The van der Waals surface area contributed by atoms with Crippen molar-refractivity contribution in [2.45, 2.75) is 24.9 Å². The van der Waals surface area contributed by atoms with Gasteiger partial charge in [-0.25, -0.2) is 0 Å². The molecule has 3 aromatic rings. The first kappa shape index (κ1) is 24.3. The van der Waals surface area contributed by atoms with Gasteiger partial charge in [0.15, 0.2) is 0 Å². The molecule has 0 aliphatic rings. The Morgan fingerprint density at radius 3 is 1.88 bits per heavy atom. The van der Waals surface area contributed by atoms with Gasteiger partial charge in [-0.1, -0.05) is 83.9 Å². The van der Waals surface area contributed by atoms with E-state index in [2.05, 4.69) is 10.6 Å². The van der Waals surface area contributed by atoms with Gasteiger partial charge in [0.25, 0.3) is 5.91 Å². The van der Waals surface area contributed by atoms with E-state index in [1.807, 2.05) is 60.7 Å². The van der Waals surface area contributed by atoms with Gasteiger partial charge in [-0.15, -0.1) is 0 Å². The second kappa shape index (κ2) is 11.5. The Kier molecular flexibility index (Phi) is 8.46. The molecule has 1 unspecified atom stereocenters. The second-order valence-electron chi connectivity index (χ2n) is 7.35. The zero-order chi connectivity index (χ0) is 23.8. The maximum atomic E-state index is 13.2. The third kappa shape index (κ3) is 6.81. The average molecular weight is 485 g/mol. The van der Waals surface area contributed by atoms with Crippen molar-refractivity contribution in [1.82, 2.24) is 10.6 Å². The molecule has 0 bridgehead atoms. The van der Waals surface area contributed by atoms with E-state index in [-0.39, 0.29) is 23.4 Å². The van der Waals surface area contributed by atoms with Gasteiger partial charge >= 0.3 is 5.97 Å². The van der Waals surface area contributed by atoms with E-state index >= 15 is 0 Å². The molecule has 0 saturated carbocycles. The van der Waals surface area contributed by atoms with Crippen molar-refractivity contribution in [3.8, 4) is 0 Å². The number of carbonyl (C=O) groups is 3. The number of halogens is 2. The zero-order valence-corrected chi connectivity index (χ0v) is 19.0. The lowest BCUT2D eigenvalue weighted by Gasteiger charge is -2.24. The molecule has 3 rings (SSSR count). The van der Waals surface area contributed by atoms with E-state index in [0.29, 0.717) is 5.02 Å². The molecule has 0 aromatic heterocycles. The van der Waals surface area contributed by atoms with Crippen LogP contribution >= 0.6 is 23.2 Å². The molecule has 8 heteroatoms. The minimum atomic E-state index is -1.07. The Balaban J connectivity index is 1.84. The van der Waals surface area contributed by atoms with E-state index in [9.17, 15) is 14.4 Å². The van der Waals surface area contributed by atoms with Crippen LogP contribution in [0.3, 0.4) is 0 Å². The maximum Gasteiger partial charge on any atom is 0.303 e. The molecule has 0 saturated heterocycles. The number of amides is 2. The predicted molar refractivity (Wildman–Crippen MR) is 127 cm³/mol. The van der Waals surface area contributed by atoms with E-state index < -0.39 is 29.9 Å². The molecule has 0 spiro atoms. The summed E-state index contributed by atoms with van der Waals surface area (Å²) in [5, 5.41) is 15.2. The molecule has 1 atom stereocenters. The number of hydrogen-bond acceptors (Lipinski definition) is 3.